The van der Waals surface area contributed by atoms with Crippen molar-refractivity contribution in [3.05, 3.63) is 70.4 Å². The van der Waals surface area contributed by atoms with Crippen molar-refractivity contribution < 1.29 is 9.90 Å². The van der Waals surface area contributed by atoms with Gasteiger partial charge < -0.3 is 5.11 Å². The van der Waals surface area contributed by atoms with E-state index in [2.05, 4.69) is 112 Å². The van der Waals surface area contributed by atoms with Crippen LogP contribution in [0.25, 0.3) is 0 Å². The molecule has 3 fully saturated rings. The van der Waals surface area contributed by atoms with Crippen molar-refractivity contribution in [3.63, 3.8) is 0 Å². The van der Waals surface area contributed by atoms with Gasteiger partial charge in [-0.1, -0.05) is 139 Å². The second-order valence-corrected chi connectivity index (χ2v) is 19.2. The first kappa shape index (κ1) is 40.7. The van der Waals surface area contributed by atoms with Crippen molar-refractivity contribution in [1.29, 1.82) is 0 Å². The normalized spacial score (nSPS) is 35.0. The van der Waals surface area contributed by atoms with E-state index in [1.54, 1.807) is 0 Å². The highest BCUT2D eigenvalue weighted by Crippen LogP contribution is 2.67. The van der Waals surface area contributed by atoms with Gasteiger partial charge in [0.1, 0.15) is 0 Å². The minimum atomic E-state index is -0.680. The van der Waals surface area contributed by atoms with Crippen LogP contribution >= 0.6 is 0 Å². The Bertz CT molecular complexity index is 1360. The molecule has 0 radical (unpaired) electrons. The van der Waals surface area contributed by atoms with E-state index in [1.807, 2.05) is 12.5 Å². The number of rotatable bonds is 10. The summed E-state index contributed by atoms with van der Waals surface area (Å²) in [6.45, 7) is 25.3. The minimum absolute atomic E-state index is 0.0977. The molecule has 0 heterocycles. The molecule has 0 spiro atoms. The standard InChI is InChI=1S/C27H46.C21H30O2/c1-19(2)9-8-10-20(3)23-14-15-24-22-13-12-21-11-6-7-17-26(21,4)25(22)16-18-27(23,24)5;1-7-15(2)9-8-10-16(3)11-12-19-17(4)13-18(20(22)23)14-21(19,5)6/h12,19-20,22-25H,6-11,13-18H2,1-5H3;7-12,18H,13-14H2,1-6H3,(H,22,23)/b;9-8?,12-11+,15-7?,16-10+/t20-,22+,23-,24+,25+,26+,27-;/m1./s1. The third kappa shape index (κ3) is 9.28. The van der Waals surface area contributed by atoms with E-state index >= 15 is 0 Å². The van der Waals surface area contributed by atoms with E-state index in [-0.39, 0.29) is 11.3 Å². The lowest BCUT2D eigenvalue weighted by Gasteiger charge is -2.58. The number of aliphatic carboxylic acids is 1. The molecule has 5 aliphatic rings. The Morgan fingerprint density at radius 3 is 2.36 bits per heavy atom. The van der Waals surface area contributed by atoms with E-state index < -0.39 is 5.97 Å². The molecular weight excluding hydrogens is 609 g/mol. The maximum Gasteiger partial charge on any atom is 0.306 e. The van der Waals surface area contributed by atoms with Gasteiger partial charge in [-0.05, 0) is 149 Å². The Hall–Kier alpha value is -2.09. The molecule has 0 saturated heterocycles. The predicted molar refractivity (Wildman–Crippen MR) is 216 cm³/mol. The van der Waals surface area contributed by atoms with E-state index in [0.717, 1.165) is 35.5 Å². The van der Waals surface area contributed by atoms with Crippen LogP contribution in [0.1, 0.15) is 166 Å². The molecule has 2 heteroatoms. The Kier molecular flexibility index (Phi) is 14.0. The maximum absolute atomic E-state index is 11.3. The SMILES string of the molecule is CC(C)CCC[C@@H](C)[C@H]1CC[C@H]2[C@@H]3CC=C4CCCC[C@]4(C)[C@H]3CC[C@]12C.CC=C(C)C=C/C=C(C)/C=C/C1=C(C)CC(C(=O)O)CC1(C)C. The lowest BCUT2D eigenvalue weighted by Crippen LogP contribution is -2.50. The average molecular weight is 685 g/mol. The summed E-state index contributed by atoms with van der Waals surface area (Å²) in [5, 5.41) is 9.29. The Labute approximate surface area is 309 Å². The lowest BCUT2D eigenvalue weighted by molar-refractivity contribution is -0.142. The van der Waals surface area contributed by atoms with E-state index in [1.165, 1.54) is 99.3 Å². The summed E-state index contributed by atoms with van der Waals surface area (Å²) in [7, 11) is 0. The number of allylic oxidation sites excluding steroid dienone is 12. The number of carboxylic acid groups (broad SMARTS) is 1. The van der Waals surface area contributed by atoms with Gasteiger partial charge in [-0.25, -0.2) is 0 Å². The molecule has 3 saturated carbocycles. The fourth-order valence-electron chi connectivity index (χ4n) is 11.8. The van der Waals surface area contributed by atoms with Gasteiger partial charge in [0.15, 0.2) is 0 Å². The van der Waals surface area contributed by atoms with Crippen LogP contribution in [0, 0.1) is 57.7 Å². The number of hydrogen-bond donors (Lipinski definition) is 1. The Morgan fingerprint density at radius 1 is 0.960 bits per heavy atom. The highest BCUT2D eigenvalue weighted by atomic mass is 16.4. The van der Waals surface area contributed by atoms with Crippen LogP contribution in [0.2, 0.25) is 0 Å². The number of fused-ring (bicyclic) bond motifs is 5. The third-order valence-electron chi connectivity index (χ3n) is 14.8. The highest BCUT2D eigenvalue weighted by molar-refractivity contribution is 5.71. The van der Waals surface area contributed by atoms with Crippen molar-refractivity contribution in [3.8, 4) is 0 Å². The van der Waals surface area contributed by atoms with Crippen molar-refractivity contribution in [2.45, 2.75) is 166 Å². The summed E-state index contributed by atoms with van der Waals surface area (Å²) in [5.41, 5.74) is 7.88. The fraction of sp³-hybridized carbons (Fsp3) is 0.729. The molecule has 2 nitrogen and oxygen atoms in total. The smallest absolute Gasteiger partial charge is 0.306 e. The molecule has 5 rings (SSSR count). The summed E-state index contributed by atoms with van der Waals surface area (Å²) in [5.74, 6) is 4.90. The number of carbonyl (C=O) groups is 1. The molecule has 280 valence electrons. The molecule has 5 aliphatic carbocycles. The first-order chi connectivity index (χ1) is 23.5. The van der Waals surface area contributed by atoms with Crippen molar-refractivity contribution >= 4 is 5.97 Å². The van der Waals surface area contributed by atoms with Gasteiger partial charge >= 0.3 is 5.97 Å². The molecule has 1 N–H and O–H groups in total. The minimum Gasteiger partial charge on any atom is -0.481 e. The van der Waals surface area contributed by atoms with Crippen molar-refractivity contribution in [1.82, 2.24) is 0 Å². The summed E-state index contributed by atoms with van der Waals surface area (Å²) in [6, 6.07) is 0. The molecule has 0 aromatic rings. The average Bonchev–Trinajstić information content (AvgIpc) is 3.41. The van der Waals surface area contributed by atoms with Crippen LogP contribution in [0.3, 0.4) is 0 Å². The van der Waals surface area contributed by atoms with Crippen LogP contribution < -0.4 is 0 Å². The summed E-state index contributed by atoms with van der Waals surface area (Å²) in [6.07, 6.45) is 34.4. The summed E-state index contributed by atoms with van der Waals surface area (Å²) >= 11 is 0. The molecule has 0 amide bonds. The zero-order chi connectivity index (χ0) is 36.9. The Morgan fingerprint density at radius 2 is 1.70 bits per heavy atom. The summed E-state index contributed by atoms with van der Waals surface area (Å²) in [4.78, 5) is 11.3. The quantitative estimate of drug-likeness (QED) is 0.184. The van der Waals surface area contributed by atoms with Crippen molar-refractivity contribution in [2.24, 2.45) is 57.7 Å². The topological polar surface area (TPSA) is 37.3 Å². The van der Waals surface area contributed by atoms with Gasteiger partial charge in [0.2, 0.25) is 0 Å². The van der Waals surface area contributed by atoms with E-state index in [9.17, 15) is 9.90 Å². The molecule has 0 bridgehead atoms. The molecule has 8 atom stereocenters. The second kappa shape index (κ2) is 17.2. The fourth-order valence-corrected chi connectivity index (χ4v) is 11.8. The molecule has 0 aliphatic heterocycles. The number of carboxylic acids is 1. The van der Waals surface area contributed by atoms with Crippen LogP contribution in [-0.2, 0) is 4.79 Å². The zero-order valence-electron chi connectivity index (χ0n) is 34.3. The van der Waals surface area contributed by atoms with Gasteiger partial charge in [0, 0.05) is 0 Å². The van der Waals surface area contributed by atoms with Gasteiger partial charge in [-0.2, -0.15) is 0 Å². The lowest BCUT2D eigenvalue weighted by atomic mass is 9.47. The molecule has 0 aromatic heterocycles. The van der Waals surface area contributed by atoms with Gasteiger partial charge in [-0.3, -0.25) is 4.79 Å². The predicted octanol–water partition coefficient (Wildman–Crippen LogP) is 14.3. The van der Waals surface area contributed by atoms with Crippen LogP contribution in [0.4, 0.5) is 0 Å². The Balaban J connectivity index is 0.000000229. The molecule has 50 heavy (non-hydrogen) atoms. The van der Waals surface area contributed by atoms with Crippen LogP contribution in [0.15, 0.2) is 70.4 Å². The molecular formula is C48H76O2. The van der Waals surface area contributed by atoms with Gasteiger partial charge in [0.05, 0.1) is 5.92 Å². The second-order valence-electron chi connectivity index (χ2n) is 19.2. The first-order valence-corrected chi connectivity index (χ1v) is 20.8. The molecule has 1 unspecified atom stereocenters. The van der Waals surface area contributed by atoms with E-state index in [4.69, 9.17) is 0 Å². The van der Waals surface area contributed by atoms with Crippen LogP contribution in [-0.4, -0.2) is 11.1 Å². The van der Waals surface area contributed by atoms with Gasteiger partial charge in [-0.15, -0.1) is 0 Å². The maximum atomic E-state index is 11.3. The highest BCUT2D eigenvalue weighted by Gasteiger charge is 2.58. The van der Waals surface area contributed by atoms with Gasteiger partial charge in [0.25, 0.3) is 0 Å². The van der Waals surface area contributed by atoms with Crippen LogP contribution in [0.5, 0.6) is 0 Å². The zero-order valence-corrected chi connectivity index (χ0v) is 34.3. The monoisotopic (exact) mass is 685 g/mol. The number of hydrogen-bond acceptors (Lipinski definition) is 1. The molecule has 0 aromatic carbocycles. The third-order valence-corrected chi connectivity index (χ3v) is 14.8. The first-order valence-electron chi connectivity index (χ1n) is 20.8. The van der Waals surface area contributed by atoms with E-state index in [0.29, 0.717) is 23.7 Å². The largest absolute Gasteiger partial charge is 0.481 e. The van der Waals surface area contributed by atoms with Crippen molar-refractivity contribution in [2.75, 3.05) is 0 Å². The summed E-state index contributed by atoms with van der Waals surface area (Å²) < 4.78 is 0.